The fourth-order valence-electron chi connectivity index (χ4n) is 10.4. The molecule has 1 aliphatic carbocycles. The molecule has 3 saturated heterocycles. The van der Waals surface area contributed by atoms with Crippen molar-refractivity contribution >= 4 is 68.4 Å². The van der Waals surface area contributed by atoms with Crippen molar-refractivity contribution in [2.75, 3.05) is 54.9 Å². The number of benzene rings is 2. The maximum atomic E-state index is 16.2. The molecule has 344 valence electrons. The third-order valence-electron chi connectivity index (χ3n) is 14.2. The maximum Gasteiger partial charge on any atom is 0.301 e. The lowest BCUT2D eigenvalue weighted by molar-refractivity contribution is -0.134. The van der Waals surface area contributed by atoms with Crippen molar-refractivity contribution in [3.8, 4) is 5.75 Å². The van der Waals surface area contributed by atoms with Crippen LogP contribution in [0.4, 0.5) is 45.1 Å². The molecule has 0 spiro atoms. The van der Waals surface area contributed by atoms with Gasteiger partial charge in [-0.2, -0.15) is 10.1 Å². The van der Waals surface area contributed by atoms with Crippen molar-refractivity contribution in [1.82, 2.24) is 34.5 Å². The minimum atomic E-state index is -3.23. The number of imide groups is 1. The van der Waals surface area contributed by atoms with Crippen molar-refractivity contribution < 1.29 is 36.3 Å². The molecular formula is C45H48ClF5N10O4. The summed E-state index contributed by atoms with van der Waals surface area (Å²) >= 11 is 6.57. The monoisotopic (exact) mass is 922 g/mol. The fraction of sp³-hybridized carbons (Fsp3) is 0.511. The van der Waals surface area contributed by atoms with Gasteiger partial charge in [0.15, 0.2) is 18.2 Å². The van der Waals surface area contributed by atoms with Gasteiger partial charge in [-0.25, -0.2) is 26.9 Å². The number of rotatable bonds is 8. The molecule has 4 aliphatic heterocycles. The number of nitrogens with one attached hydrogen (secondary N) is 3. The van der Waals surface area contributed by atoms with Gasteiger partial charge in [0, 0.05) is 62.6 Å². The number of carbonyl (C=O) groups excluding carboxylic acids is 2. The molecule has 7 heterocycles. The first-order chi connectivity index (χ1) is 31.1. The Labute approximate surface area is 374 Å². The van der Waals surface area contributed by atoms with E-state index in [0.717, 1.165) is 13.0 Å². The highest BCUT2D eigenvalue weighted by molar-refractivity contribution is 6.33. The first kappa shape index (κ1) is 43.3. The molecule has 3 unspecified atom stereocenters. The summed E-state index contributed by atoms with van der Waals surface area (Å²) in [6.45, 7) is 4.62. The van der Waals surface area contributed by atoms with Gasteiger partial charge in [0.25, 0.3) is 5.56 Å². The Kier molecular flexibility index (Phi) is 10.9. The fourth-order valence-corrected chi connectivity index (χ4v) is 10.5. The van der Waals surface area contributed by atoms with Gasteiger partial charge in [-0.3, -0.25) is 24.4 Å². The molecular weight excluding hydrogens is 875 g/mol. The van der Waals surface area contributed by atoms with Crippen LogP contribution in [0.1, 0.15) is 75.0 Å². The summed E-state index contributed by atoms with van der Waals surface area (Å²) in [6.07, 6.45) is 4.99. The number of hydrogen-bond acceptors (Lipinski definition) is 11. The Morgan fingerprint density at radius 2 is 1.74 bits per heavy atom. The van der Waals surface area contributed by atoms with Gasteiger partial charge in [0.2, 0.25) is 23.5 Å². The summed E-state index contributed by atoms with van der Waals surface area (Å²) in [6, 6.07) is 2.64. The zero-order chi connectivity index (χ0) is 45.6. The number of likely N-dealkylation sites (tertiary alicyclic amines) is 1. The van der Waals surface area contributed by atoms with E-state index in [1.807, 2.05) is 4.90 Å². The van der Waals surface area contributed by atoms with E-state index in [0.29, 0.717) is 69.1 Å². The standard InChI is InChI=1S/C45H48ClF5N10O4/c1-21-18-61(13-10-24(21)19-60-11-8-22(9-12-60)34-30(48)14-27-36(57-59(3)38(27)35(34)49)25-6-7-33(62)54-42(25)63)44-52-17-28(46)41(56-44)53-31-15-26-32(16-29(31)47)58(2)43(64)39-37(26)55-40(23-4-5-23)45(50,51)20-65-39/h14-17,21-25,40,55H,4-13,18-20H2,1-3H3,(H,52,53,56)(H,54,62,63)/t21-,24?,25?,40?/m0/s1. The van der Waals surface area contributed by atoms with Crippen LogP contribution in [0.2, 0.25) is 5.02 Å². The summed E-state index contributed by atoms with van der Waals surface area (Å²) in [4.78, 5) is 51.2. The van der Waals surface area contributed by atoms with E-state index in [1.54, 1.807) is 7.05 Å². The number of amides is 2. The van der Waals surface area contributed by atoms with Crippen LogP contribution in [0.3, 0.4) is 0 Å². The number of aryl methyl sites for hydroxylation is 2. The topological polar surface area (TPSA) is 152 Å². The average Bonchev–Trinajstić information content (AvgIpc) is 4.07. The minimum absolute atomic E-state index is 0.0385. The summed E-state index contributed by atoms with van der Waals surface area (Å²) in [5.74, 6) is -6.72. The SMILES string of the molecule is C[C@H]1CN(c2ncc(Cl)c(Nc3cc4c5c(c(=O)n(C)c4cc3F)OCC(F)(F)C(C3CC3)N5)n2)CCC1CN1CCC(c2c(F)cc3c(C4CCC(=O)NC4=O)nn(C)c3c2F)CC1. The summed E-state index contributed by atoms with van der Waals surface area (Å²) < 4.78 is 86.3. The van der Waals surface area contributed by atoms with Crippen LogP contribution in [0.5, 0.6) is 5.75 Å². The Morgan fingerprint density at radius 3 is 2.46 bits per heavy atom. The predicted molar refractivity (Wildman–Crippen MR) is 234 cm³/mol. The van der Waals surface area contributed by atoms with Crippen LogP contribution < -0.4 is 31.1 Å². The lowest BCUT2D eigenvalue weighted by atomic mass is 9.84. The Bertz CT molecular complexity index is 2830. The van der Waals surface area contributed by atoms with Gasteiger partial charge < -0.3 is 29.7 Å². The van der Waals surface area contributed by atoms with Crippen molar-refractivity contribution in [2.45, 2.75) is 75.7 Å². The Balaban J connectivity index is 0.801. The Hall–Kier alpha value is -5.56. The molecule has 10 rings (SSSR count). The van der Waals surface area contributed by atoms with Crippen LogP contribution in [-0.4, -0.2) is 92.3 Å². The molecule has 0 bridgehead atoms. The number of pyridine rings is 1. The first-order valence-corrected chi connectivity index (χ1v) is 22.5. The van der Waals surface area contributed by atoms with Crippen molar-refractivity contribution in [1.29, 1.82) is 0 Å². The number of anilines is 4. The molecule has 5 aromatic rings. The van der Waals surface area contributed by atoms with Gasteiger partial charge >= 0.3 is 5.92 Å². The number of halogens is 6. The molecule has 3 N–H and O–H groups in total. The number of carbonyl (C=O) groups is 2. The van der Waals surface area contributed by atoms with E-state index >= 15 is 22.0 Å². The second-order valence-corrected chi connectivity index (χ2v) is 18.9. The number of ether oxygens (including phenoxy) is 1. The van der Waals surface area contributed by atoms with E-state index in [1.165, 1.54) is 40.7 Å². The van der Waals surface area contributed by atoms with Crippen LogP contribution >= 0.6 is 11.6 Å². The summed E-state index contributed by atoms with van der Waals surface area (Å²) in [5.41, 5.74) is 0.0337. The zero-order valence-electron chi connectivity index (χ0n) is 36.0. The number of piperidine rings is 3. The van der Waals surface area contributed by atoms with E-state index in [9.17, 15) is 14.4 Å². The summed E-state index contributed by atoms with van der Waals surface area (Å²) in [5, 5.41) is 13.3. The van der Waals surface area contributed by atoms with Crippen LogP contribution in [0.15, 0.2) is 29.2 Å². The van der Waals surface area contributed by atoms with Crippen molar-refractivity contribution in [3.63, 3.8) is 0 Å². The second-order valence-electron chi connectivity index (χ2n) is 18.5. The molecule has 65 heavy (non-hydrogen) atoms. The third-order valence-corrected chi connectivity index (χ3v) is 14.5. The molecule has 4 fully saturated rings. The number of aromatic nitrogens is 5. The Morgan fingerprint density at radius 1 is 0.969 bits per heavy atom. The quantitative estimate of drug-likeness (QED) is 0.108. The highest BCUT2D eigenvalue weighted by atomic mass is 35.5. The van der Waals surface area contributed by atoms with Crippen LogP contribution in [-0.2, 0) is 23.7 Å². The highest BCUT2D eigenvalue weighted by Crippen LogP contribution is 2.46. The number of fused-ring (bicyclic) bond motifs is 4. The first-order valence-electron chi connectivity index (χ1n) is 22.1. The highest BCUT2D eigenvalue weighted by Gasteiger charge is 2.51. The molecule has 0 radical (unpaired) electrons. The maximum absolute atomic E-state index is 16.2. The minimum Gasteiger partial charge on any atom is -0.480 e. The van der Waals surface area contributed by atoms with Gasteiger partial charge in [-0.15, -0.1) is 0 Å². The smallest absolute Gasteiger partial charge is 0.301 e. The van der Waals surface area contributed by atoms with Crippen molar-refractivity contribution in [3.05, 3.63) is 68.5 Å². The van der Waals surface area contributed by atoms with Crippen LogP contribution in [0, 0.1) is 35.2 Å². The van der Waals surface area contributed by atoms with Gasteiger partial charge in [0.1, 0.15) is 22.2 Å². The lowest BCUT2D eigenvalue weighted by Crippen LogP contribution is -2.45. The molecule has 3 aromatic heterocycles. The second kappa shape index (κ2) is 16.4. The third kappa shape index (κ3) is 7.80. The van der Waals surface area contributed by atoms with E-state index in [-0.39, 0.29) is 92.1 Å². The normalized spacial score (nSPS) is 24.1. The number of nitrogens with zero attached hydrogens (tertiary/aromatic N) is 7. The lowest BCUT2D eigenvalue weighted by Gasteiger charge is -2.41. The predicted octanol–water partition coefficient (Wildman–Crippen LogP) is 7.11. The molecule has 20 heteroatoms. The number of hydrogen-bond donors (Lipinski definition) is 3. The largest absolute Gasteiger partial charge is 0.480 e. The van der Waals surface area contributed by atoms with Crippen molar-refractivity contribution in [2.24, 2.45) is 31.8 Å². The van der Waals surface area contributed by atoms with Gasteiger partial charge in [-0.1, -0.05) is 18.5 Å². The van der Waals surface area contributed by atoms with E-state index in [2.05, 4.69) is 37.9 Å². The summed E-state index contributed by atoms with van der Waals surface area (Å²) in [7, 11) is 3.01. The van der Waals surface area contributed by atoms with Gasteiger partial charge in [0.05, 0.1) is 40.7 Å². The number of alkyl halides is 2. The van der Waals surface area contributed by atoms with Crippen LogP contribution in [0.25, 0.3) is 21.8 Å². The molecule has 2 amide bonds. The van der Waals surface area contributed by atoms with E-state index < -0.39 is 53.4 Å². The molecule has 14 nitrogen and oxygen atoms in total. The zero-order valence-corrected chi connectivity index (χ0v) is 36.8. The molecule has 5 aliphatic rings. The average molecular weight is 923 g/mol. The molecule has 1 saturated carbocycles. The molecule has 2 aromatic carbocycles. The van der Waals surface area contributed by atoms with Gasteiger partial charge in [-0.05, 0) is 87.4 Å². The van der Waals surface area contributed by atoms with E-state index in [4.69, 9.17) is 21.3 Å². The molecule has 4 atom stereocenters.